The molecule has 2 aromatic carbocycles. The summed E-state index contributed by atoms with van der Waals surface area (Å²) in [7, 11) is 1.37. The number of aryl methyl sites for hydroxylation is 1. The number of esters is 1. The van der Waals surface area contributed by atoms with Gasteiger partial charge < -0.3 is 15.0 Å². The van der Waals surface area contributed by atoms with Crippen LogP contribution in [0.4, 0.5) is 0 Å². The van der Waals surface area contributed by atoms with Gasteiger partial charge in [0.1, 0.15) is 0 Å². The van der Waals surface area contributed by atoms with Gasteiger partial charge in [-0.05, 0) is 61.7 Å². The molecular weight excluding hydrogens is 340 g/mol. The molecule has 5 nitrogen and oxygen atoms in total. The zero-order valence-corrected chi connectivity index (χ0v) is 16.3. The topological polar surface area (TPSA) is 58.6 Å². The maximum atomic E-state index is 13.0. The Morgan fingerprint density at radius 3 is 2.59 bits per heavy atom. The van der Waals surface area contributed by atoms with E-state index in [2.05, 4.69) is 19.2 Å². The molecule has 0 aromatic heterocycles. The first-order valence-electron chi connectivity index (χ1n) is 9.24. The molecule has 0 bridgehead atoms. The molecule has 5 heteroatoms. The number of nitrogens with zero attached hydrogens (tertiary/aromatic N) is 1. The molecule has 0 saturated carbocycles. The molecule has 1 amide bonds. The molecule has 0 spiro atoms. The highest BCUT2D eigenvalue weighted by atomic mass is 16.5. The molecule has 3 rings (SSSR count). The normalized spacial score (nSPS) is 19.6. The summed E-state index contributed by atoms with van der Waals surface area (Å²) in [6, 6.07) is 13.6. The average Bonchev–Trinajstić information content (AvgIpc) is 2.68. The number of nitrogens with one attached hydrogen (secondary N) is 1. The van der Waals surface area contributed by atoms with Crippen LogP contribution >= 0.6 is 0 Å². The van der Waals surface area contributed by atoms with E-state index in [1.54, 1.807) is 6.07 Å². The first-order valence-corrected chi connectivity index (χ1v) is 9.24. The Balaban J connectivity index is 1.89. The van der Waals surface area contributed by atoms with Crippen LogP contribution in [0.5, 0.6) is 0 Å². The minimum atomic E-state index is -0.351. The lowest BCUT2D eigenvalue weighted by molar-refractivity contribution is 0.0597. The van der Waals surface area contributed by atoms with Crippen molar-refractivity contribution in [3.05, 3.63) is 59.2 Å². The number of hydrogen-bond donors (Lipinski definition) is 1. The van der Waals surface area contributed by atoms with Gasteiger partial charge in [0.25, 0.3) is 5.91 Å². The number of rotatable bonds is 3. The Morgan fingerprint density at radius 2 is 1.89 bits per heavy atom. The van der Waals surface area contributed by atoms with Gasteiger partial charge >= 0.3 is 5.97 Å². The summed E-state index contributed by atoms with van der Waals surface area (Å²) >= 11 is 0. The molecule has 1 aliphatic heterocycles. The lowest BCUT2D eigenvalue weighted by atomic mass is 9.96. The van der Waals surface area contributed by atoms with Gasteiger partial charge in [-0.2, -0.15) is 0 Å². The monoisotopic (exact) mass is 366 g/mol. The summed E-state index contributed by atoms with van der Waals surface area (Å²) in [5.74, 6) is -0.295. The van der Waals surface area contributed by atoms with Gasteiger partial charge in [-0.3, -0.25) is 4.79 Å². The number of hydrogen-bond acceptors (Lipinski definition) is 4. The second kappa shape index (κ2) is 7.92. The van der Waals surface area contributed by atoms with E-state index in [9.17, 15) is 9.59 Å². The van der Waals surface area contributed by atoms with E-state index in [0.717, 1.165) is 23.2 Å². The predicted molar refractivity (Wildman–Crippen MR) is 106 cm³/mol. The first-order chi connectivity index (χ1) is 12.9. The highest BCUT2D eigenvalue weighted by Crippen LogP contribution is 2.26. The van der Waals surface area contributed by atoms with Crippen LogP contribution in [0, 0.1) is 6.92 Å². The molecule has 0 aliphatic carbocycles. The Morgan fingerprint density at radius 1 is 1.11 bits per heavy atom. The third kappa shape index (κ3) is 4.03. The smallest absolute Gasteiger partial charge is 0.337 e. The molecule has 1 fully saturated rings. The highest BCUT2D eigenvalue weighted by Gasteiger charge is 2.27. The first kappa shape index (κ1) is 19.1. The van der Waals surface area contributed by atoms with Gasteiger partial charge in [0.05, 0.1) is 12.7 Å². The summed E-state index contributed by atoms with van der Waals surface area (Å²) < 4.78 is 4.78. The largest absolute Gasteiger partial charge is 0.465 e. The second-order valence-corrected chi connectivity index (χ2v) is 7.22. The van der Waals surface area contributed by atoms with E-state index in [0.29, 0.717) is 23.7 Å². The van der Waals surface area contributed by atoms with Gasteiger partial charge in [-0.15, -0.1) is 0 Å². The molecule has 142 valence electrons. The van der Waals surface area contributed by atoms with Crippen molar-refractivity contribution in [2.75, 3.05) is 20.2 Å². The molecule has 0 unspecified atom stereocenters. The molecule has 1 heterocycles. The van der Waals surface area contributed by atoms with Crippen molar-refractivity contribution in [2.24, 2.45) is 0 Å². The molecule has 2 atom stereocenters. The van der Waals surface area contributed by atoms with Crippen molar-refractivity contribution in [1.82, 2.24) is 10.2 Å². The van der Waals surface area contributed by atoms with Crippen LogP contribution in [-0.4, -0.2) is 49.1 Å². The number of methoxy groups -OCH3 is 1. The minimum absolute atomic E-state index is 0.0570. The summed E-state index contributed by atoms with van der Waals surface area (Å²) in [5.41, 5.74) is 4.13. The molecular formula is C22H26N2O3. The van der Waals surface area contributed by atoms with Gasteiger partial charge in [0, 0.05) is 30.7 Å². The predicted octanol–water partition coefficient (Wildman–Crippen LogP) is 3.27. The molecule has 1 aliphatic rings. The maximum Gasteiger partial charge on any atom is 0.337 e. The molecule has 1 saturated heterocycles. The van der Waals surface area contributed by atoms with Crippen molar-refractivity contribution in [3.8, 4) is 11.1 Å². The van der Waals surface area contributed by atoms with E-state index in [1.165, 1.54) is 7.11 Å². The van der Waals surface area contributed by atoms with Crippen molar-refractivity contribution in [3.63, 3.8) is 0 Å². The van der Waals surface area contributed by atoms with Crippen LogP contribution < -0.4 is 5.32 Å². The fourth-order valence-electron chi connectivity index (χ4n) is 3.52. The van der Waals surface area contributed by atoms with Crippen molar-refractivity contribution < 1.29 is 14.3 Å². The Labute approximate surface area is 160 Å². The van der Waals surface area contributed by atoms with E-state index >= 15 is 0 Å². The van der Waals surface area contributed by atoms with E-state index < -0.39 is 0 Å². The van der Waals surface area contributed by atoms with E-state index in [1.807, 2.05) is 48.2 Å². The van der Waals surface area contributed by atoms with Crippen LogP contribution in [0.2, 0.25) is 0 Å². The number of carbonyl (C=O) groups is 2. The molecule has 1 N–H and O–H groups in total. The van der Waals surface area contributed by atoms with Crippen molar-refractivity contribution in [2.45, 2.75) is 32.9 Å². The SMILES string of the molecule is COC(=O)c1ccc(-c2cccc(C(=O)N3C[C@@H](C)NC[C@@H]3C)c2)c(C)c1. The summed E-state index contributed by atoms with van der Waals surface area (Å²) in [6.07, 6.45) is 0. The zero-order valence-electron chi connectivity index (χ0n) is 16.3. The maximum absolute atomic E-state index is 13.0. The third-order valence-electron chi connectivity index (χ3n) is 5.09. The van der Waals surface area contributed by atoms with Crippen LogP contribution in [0.3, 0.4) is 0 Å². The van der Waals surface area contributed by atoms with E-state index in [4.69, 9.17) is 4.74 Å². The van der Waals surface area contributed by atoms with Crippen LogP contribution in [0.25, 0.3) is 11.1 Å². The standard InChI is InChI=1S/C22H26N2O3/c1-14-10-19(22(26)27-4)8-9-20(14)17-6-5-7-18(11-17)21(25)24-13-15(2)23-12-16(24)3/h5-11,15-16,23H,12-13H2,1-4H3/t15-,16+/m1/s1. The summed E-state index contributed by atoms with van der Waals surface area (Å²) in [5, 5.41) is 3.40. The summed E-state index contributed by atoms with van der Waals surface area (Å²) in [6.45, 7) is 7.62. The number of benzene rings is 2. The minimum Gasteiger partial charge on any atom is -0.465 e. The van der Waals surface area contributed by atoms with Crippen LogP contribution in [-0.2, 0) is 4.74 Å². The lowest BCUT2D eigenvalue weighted by Crippen LogP contribution is -2.56. The number of amides is 1. The fourth-order valence-corrected chi connectivity index (χ4v) is 3.52. The quantitative estimate of drug-likeness (QED) is 0.847. The van der Waals surface area contributed by atoms with Crippen LogP contribution in [0.15, 0.2) is 42.5 Å². The number of ether oxygens (including phenoxy) is 1. The second-order valence-electron chi connectivity index (χ2n) is 7.22. The summed E-state index contributed by atoms with van der Waals surface area (Å²) in [4.78, 5) is 26.7. The van der Waals surface area contributed by atoms with Crippen molar-refractivity contribution in [1.29, 1.82) is 0 Å². The Bertz CT molecular complexity index is 862. The molecule has 0 radical (unpaired) electrons. The van der Waals surface area contributed by atoms with Gasteiger partial charge in [0.15, 0.2) is 0 Å². The zero-order chi connectivity index (χ0) is 19.6. The fraction of sp³-hybridized carbons (Fsp3) is 0.364. The van der Waals surface area contributed by atoms with E-state index in [-0.39, 0.29) is 17.9 Å². The average molecular weight is 366 g/mol. The van der Waals surface area contributed by atoms with Crippen LogP contribution in [0.1, 0.15) is 40.1 Å². The Hall–Kier alpha value is -2.66. The van der Waals surface area contributed by atoms with Gasteiger partial charge in [-0.25, -0.2) is 4.79 Å². The molecule has 27 heavy (non-hydrogen) atoms. The lowest BCUT2D eigenvalue weighted by Gasteiger charge is -2.37. The van der Waals surface area contributed by atoms with Gasteiger partial charge in [-0.1, -0.05) is 18.2 Å². The van der Waals surface area contributed by atoms with Gasteiger partial charge in [0.2, 0.25) is 0 Å². The molecule has 2 aromatic rings. The number of piperazine rings is 1. The highest BCUT2D eigenvalue weighted by molar-refractivity contribution is 5.96. The Kier molecular flexibility index (Phi) is 5.61. The number of carbonyl (C=O) groups excluding carboxylic acids is 2. The van der Waals surface area contributed by atoms with Crippen molar-refractivity contribution >= 4 is 11.9 Å². The third-order valence-corrected chi connectivity index (χ3v) is 5.09.